The van der Waals surface area contributed by atoms with E-state index in [1.165, 1.54) is 0 Å². The number of ether oxygens (including phenoxy) is 1. The van der Waals surface area contributed by atoms with E-state index in [0.29, 0.717) is 13.2 Å². The van der Waals surface area contributed by atoms with Crippen molar-refractivity contribution >= 4 is 16.9 Å². The van der Waals surface area contributed by atoms with E-state index in [2.05, 4.69) is 0 Å². The van der Waals surface area contributed by atoms with Crippen molar-refractivity contribution < 1.29 is 17.9 Å². The summed E-state index contributed by atoms with van der Waals surface area (Å²) in [5.41, 5.74) is -0.455. The Kier molecular flexibility index (Phi) is 6.26. The maximum atomic E-state index is 11.5. The molecule has 0 radical (unpaired) electrons. The molecule has 1 aliphatic rings. The lowest BCUT2D eigenvalue weighted by atomic mass is 9.97. The summed E-state index contributed by atoms with van der Waals surface area (Å²) in [6, 6.07) is 0.250. The fourth-order valence-electron chi connectivity index (χ4n) is 1.70. The second kappa shape index (κ2) is 7.24. The first-order valence-electron chi connectivity index (χ1n) is 6.90. The van der Waals surface area contributed by atoms with Crippen LogP contribution >= 0.6 is 0 Å². The van der Waals surface area contributed by atoms with E-state index in [1.54, 1.807) is 4.31 Å². The van der Waals surface area contributed by atoms with E-state index in [4.69, 9.17) is 4.74 Å². The molecule has 1 rings (SSSR count). The molecule has 0 aromatic carbocycles. The molecule has 0 aliphatic heterocycles. The summed E-state index contributed by atoms with van der Waals surface area (Å²) in [6.45, 7) is 6.49. The Bertz CT molecular complexity index is 361. The van der Waals surface area contributed by atoms with Crippen molar-refractivity contribution in [3.8, 4) is 0 Å². The summed E-state index contributed by atoms with van der Waals surface area (Å²) in [4.78, 5) is 11.5. The predicted octanol–water partition coefficient (Wildman–Crippen LogP) is 1.74. The summed E-state index contributed by atoms with van der Waals surface area (Å²) < 4.78 is 28.7. The summed E-state index contributed by atoms with van der Waals surface area (Å²) in [5.74, 6) is -0.185. The number of nitrogens with zero attached hydrogens (tertiary/aromatic N) is 1. The van der Waals surface area contributed by atoms with Gasteiger partial charge in [-0.1, -0.05) is 0 Å². The average molecular weight is 291 g/mol. The maximum absolute atomic E-state index is 11.5. The molecule has 0 amide bonds. The Morgan fingerprint density at radius 3 is 2.32 bits per heavy atom. The van der Waals surface area contributed by atoms with Gasteiger partial charge in [-0.2, -0.15) is 0 Å². The number of hydrogen-bond donors (Lipinski definition) is 1. The Balaban J connectivity index is 2.06. The number of carbonyl (C=O) groups excluding carboxylic acids is 1. The number of rotatable bonds is 8. The summed E-state index contributed by atoms with van der Waals surface area (Å²) in [6.07, 6.45) is 4.48. The van der Waals surface area contributed by atoms with E-state index >= 15 is 0 Å². The van der Waals surface area contributed by atoms with Gasteiger partial charge in [0.15, 0.2) is 0 Å². The molecule has 0 N–H and O–H groups in total. The van der Waals surface area contributed by atoms with E-state index in [0.717, 1.165) is 32.1 Å². The van der Waals surface area contributed by atoms with Crippen LogP contribution in [0.1, 0.15) is 52.9 Å². The van der Waals surface area contributed by atoms with Gasteiger partial charge in [0, 0.05) is 12.6 Å². The van der Waals surface area contributed by atoms with Gasteiger partial charge in [0.25, 0.3) is 0 Å². The molecule has 112 valence electrons. The minimum atomic E-state index is -2.44. The predicted molar refractivity (Wildman–Crippen MR) is 74.3 cm³/mol. The minimum absolute atomic E-state index is 0.185. The molecular weight excluding hydrogens is 266 g/mol. The van der Waals surface area contributed by atoms with Crippen LogP contribution in [0.5, 0.6) is 0 Å². The van der Waals surface area contributed by atoms with Crippen LogP contribution in [0.25, 0.3) is 0 Å². The molecule has 5 nitrogen and oxygen atoms in total. The lowest BCUT2D eigenvalue weighted by Crippen LogP contribution is -2.25. The molecular formula is C13H25NO4S. The van der Waals surface area contributed by atoms with E-state index in [1.807, 2.05) is 20.8 Å². The Morgan fingerprint density at radius 2 is 1.84 bits per heavy atom. The van der Waals surface area contributed by atoms with Gasteiger partial charge in [0.1, 0.15) is 0 Å². The first-order chi connectivity index (χ1) is 8.82. The van der Waals surface area contributed by atoms with Crippen LogP contribution in [0.2, 0.25) is 0 Å². The third-order valence-corrected chi connectivity index (χ3v) is 4.00. The maximum Gasteiger partial charge on any atom is 0.311 e. The van der Waals surface area contributed by atoms with Gasteiger partial charge in [-0.05, 0) is 52.9 Å². The Labute approximate surface area is 117 Å². The molecule has 1 fully saturated rings. The zero-order chi connectivity index (χ0) is 14.5. The number of carbonyl (C=O) groups is 1. The summed E-state index contributed by atoms with van der Waals surface area (Å²) in [5, 5.41) is 0. The van der Waals surface area contributed by atoms with Gasteiger partial charge in [-0.3, -0.25) is 4.79 Å². The zero-order valence-electron chi connectivity index (χ0n) is 12.1. The van der Waals surface area contributed by atoms with E-state index in [9.17, 15) is 13.2 Å². The standard InChI is InChI=1S/C13H25NO4S/c1-13(2,3)12(15)18-10-6-4-5-9-14(19(16)17)11-7-8-11/h11,19H,4-10H2,1-3H3. The lowest BCUT2D eigenvalue weighted by molar-refractivity contribution is -0.153. The quantitative estimate of drug-likeness (QED) is 0.420. The Morgan fingerprint density at radius 1 is 1.21 bits per heavy atom. The first kappa shape index (κ1) is 16.4. The topological polar surface area (TPSA) is 63.7 Å². The van der Waals surface area contributed by atoms with Crippen LogP contribution in [0.4, 0.5) is 0 Å². The van der Waals surface area contributed by atoms with Gasteiger partial charge in [0.2, 0.25) is 10.9 Å². The number of unbranched alkanes of at least 4 members (excludes halogenated alkanes) is 2. The summed E-state index contributed by atoms with van der Waals surface area (Å²) >= 11 is 0. The summed E-state index contributed by atoms with van der Waals surface area (Å²) in [7, 11) is -2.44. The van der Waals surface area contributed by atoms with Gasteiger partial charge in [-0.25, -0.2) is 12.7 Å². The van der Waals surface area contributed by atoms with Crippen molar-refractivity contribution in [1.29, 1.82) is 0 Å². The molecule has 19 heavy (non-hydrogen) atoms. The molecule has 1 saturated carbocycles. The molecule has 0 heterocycles. The van der Waals surface area contributed by atoms with Gasteiger partial charge in [-0.15, -0.1) is 0 Å². The van der Waals surface area contributed by atoms with Crippen LogP contribution in [-0.2, 0) is 20.4 Å². The second-order valence-corrected chi connectivity index (χ2v) is 7.07. The highest BCUT2D eigenvalue weighted by molar-refractivity contribution is 7.69. The number of esters is 1. The molecule has 0 aromatic rings. The largest absolute Gasteiger partial charge is 0.465 e. The van der Waals surface area contributed by atoms with Crippen molar-refractivity contribution in [2.75, 3.05) is 13.2 Å². The van der Waals surface area contributed by atoms with Gasteiger partial charge < -0.3 is 4.74 Å². The fourth-order valence-corrected chi connectivity index (χ4v) is 2.51. The van der Waals surface area contributed by atoms with Gasteiger partial charge in [0.05, 0.1) is 12.0 Å². The number of hydrogen-bond acceptors (Lipinski definition) is 4. The molecule has 0 atom stereocenters. The normalized spacial score (nSPS) is 16.1. The van der Waals surface area contributed by atoms with Gasteiger partial charge >= 0.3 is 5.97 Å². The molecule has 1 aliphatic carbocycles. The van der Waals surface area contributed by atoms with Crippen molar-refractivity contribution in [3.63, 3.8) is 0 Å². The highest BCUT2D eigenvalue weighted by atomic mass is 32.2. The zero-order valence-corrected chi connectivity index (χ0v) is 12.9. The number of thiol groups is 1. The SMILES string of the molecule is CC(C)(C)C(=O)OCCCCCN(C1CC1)[SH](=O)=O. The molecule has 6 heteroatoms. The van der Waals surface area contributed by atoms with Crippen molar-refractivity contribution in [2.45, 2.75) is 58.9 Å². The van der Waals surface area contributed by atoms with Crippen LogP contribution in [0.3, 0.4) is 0 Å². The lowest BCUT2D eigenvalue weighted by Gasteiger charge is -2.17. The van der Waals surface area contributed by atoms with E-state index < -0.39 is 16.3 Å². The van der Waals surface area contributed by atoms with Crippen LogP contribution in [0, 0.1) is 5.41 Å². The third kappa shape index (κ3) is 6.38. The van der Waals surface area contributed by atoms with Crippen LogP contribution < -0.4 is 0 Å². The molecule has 0 bridgehead atoms. The minimum Gasteiger partial charge on any atom is -0.465 e. The van der Waals surface area contributed by atoms with Crippen molar-refractivity contribution in [3.05, 3.63) is 0 Å². The fraction of sp³-hybridized carbons (Fsp3) is 0.923. The van der Waals surface area contributed by atoms with Crippen molar-refractivity contribution in [2.24, 2.45) is 5.41 Å². The molecule has 0 spiro atoms. The highest BCUT2D eigenvalue weighted by Gasteiger charge is 2.30. The monoisotopic (exact) mass is 291 g/mol. The van der Waals surface area contributed by atoms with Crippen LogP contribution in [0.15, 0.2) is 0 Å². The van der Waals surface area contributed by atoms with E-state index in [-0.39, 0.29) is 12.0 Å². The molecule has 0 saturated heterocycles. The molecule has 0 aromatic heterocycles. The smallest absolute Gasteiger partial charge is 0.311 e. The average Bonchev–Trinajstić information content (AvgIpc) is 3.09. The third-order valence-electron chi connectivity index (χ3n) is 3.06. The highest BCUT2D eigenvalue weighted by Crippen LogP contribution is 2.27. The Hall–Kier alpha value is -0.620. The van der Waals surface area contributed by atoms with Crippen LogP contribution in [-0.4, -0.2) is 37.9 Å². The molecule has 0 unspecified atom stereocenters. The first-order valence-corrected chi connectivity index (χ1v) is 8.03. The second-order valence-electron chi connectivity index (χ2n) is 6.08. The van der Waals surface area contributed by atoms with Crippen molar-refractivity contribution in [1.82, 2.24) is 4.31 Å².